The molecule has 0 aliphatic carbocycles. The highest BCUT2D eigenvalue weighted by atomic mass is 15.4. The van der Waals surface area contributed by atoms with Crippen LogP contribution in [0.3, 0.4) is 0 Å². The van der Waals surface area contributed by atoms with Crippen LogP contribution < -0.4 is 9.80 Å². The van der Waals surface area contributed by atoms with E-state index >= 15 is 0 Å². The molecule has 0 saturated heterocycles. The summed E-state index contributed by atoms with van der Waals surface area (Å²) in [5.74, 6) is 1.01. The third-order valence-corrected chi connectivity index (χ3v) is 5.05. The Kier molecular flexibility index (Phi) is 3.95. The van der Waals surface area contributed by atoms with Crippen molar-refractivity contribution in [3.05, 3.63) is 78.0 Å². The molecule has 2 aromatic carbocycles. The fourth-order valence-electron chi connectivity index (χ4n) is 3.51. The Labute approximate surface area is 155 Å². The maximum Gasteiger partial charge on any atom is 0.158 e. The number of aromatic nitrogens is 1. The predicted octanol–water partition coefficient (Wildman–Crippen LogP) is 5.93. The van der Waals surface area contributed by atoms with Crippen LogP contribution >= 0.6 is 0 Å². The van der Waals surface area contributed by atoms with Crippen molar-refractivity contribution in [2.45, 2.75) is 33.1 Å². The molecule has 0 spiro atoms. The van der Waals surface area contributed by atoms with Gasteiger partial charge in [-0.3, -0.25) is 0 Å². The van der Waals surface area contributed by atoms with Gasteiger partial charge in [0.25, 0.3) is 0 Å². The second-order valence-electron chi connectivity index (χ2n) is 7.93. The van der Waals surface area contributed by atoms with Gasteiger partial charge >= 0.3 is 0 Å². The lowest BCUT2D eigenvalue weighted by molar-refractivity contribution is 0.590. The first-order chi connectivity index (χ1) is 12.4. The standard InChI is InChI=1S/C23H25N3/c1-17-8-5-6-9-20(17)26-16-25(22-21(26)10-7-15-24-22)19-13-11-18(12-14-19)23(2,3)4/h5-15H,16H2,1-4H3. The van der Waals surface area contributed by atoms with Crippen LogP contribution in [0.4, 0.5) is 22.9 Å². The van der Waals surface area contributed by atoms with E-state index in [9.17, 15) is 0 Å². The lowest BCUT2D eigenvalue weighted by atomic mass is 9.87. The van der Waals surface area contributed by atoms with Crippen molar-refractivity contribution in [2.24, 2.45) is 0 Å². The molecule has 0 saturated carbocycles. The monoisotopic (exact) mass is 343 g/mol. The van der Waals surface area contributed by atoms with Crippen molar-refractivity contribution in [2.75, 3.05) is 16.5 Å². The quantitative estimate of drug-likeness (QED) is 0.574. The first-order valence-corrected chi connectivity index (χ1v) is 9.11. The van der Waals surface area contributed by atoms with E-state index in [1.807, 2.05) is 12.3 Å². The van der Waals surface area contributed by atoms with Gasteiger partial charge in [-0.25, -0.2) is 4.98 Å². The van der Waals surface area contributed by atoms with Gasteiger partial charge in [-0.05, 0) is 53.8 Å². The van der Waals surface area contributed by atoms with Crippen LogP contribution in [0.25, 0.3) is 0 Å². The molecule has 3 heteroatoms. The maximum atomic E-state index is 4.68. The molecule has 0 N–H and O–H groups in total. The first-order valence-electron chi connectivity index (χ1n) is 9.11. The highest BCUT2D eigenvalue weighted by Crippen LogP contribution is 2.43. The molecule has 4 rings (SSSR count). The minimum Gasteiger partial charge on any atom is -0.319 e. The molecule has 132 valence electrons. The highest BCUT2D eigenvalue weighted by Gasteiger charge is 2.29. The zero-order chi connectivity index (χ0) is 18.3. The van der Waals surface area contributed by atoms with Crippen LogP contribution in [0, 0.1) is 6.92 Å². The number of hydrogen-bond acceptors (Lipinski definition) is 3. The molecule has 1 aliphatic heterocycles. The molecule has 3 nitrogen and oxygen atoms in total. The zero-order valence-corrected chi connectivity index (χ0v) is 15.9. The summed E-state index contributed by atoms with van der Waals surface area (Å²) >= 11 is 0. The maximum absolute atomic E-state index is 4.68. The van der Waals surface area contributed by atoms with Gasteiger partial charge in [-0.1, -0.05) is 51.1 Å². The average molecular weight is 343 g/mol. The molecule has 0 amide bonds. The third kappa shape index (κ3) is 2.84. The lowest BCUT2D eigenvalue weighted by Crippen LogP contribution is -2.24. The Hall–Kier alpha value is -2.81. The van der Waals surface area contributed by atoms with Gasteiger partial charge in [-0.2, -0.15) is 0 Å². The highest BCUT2D eigenvalue weighted by molar-refractivity contribution is 5.85. The van der Waals surface area contributed by atoms with Crippen molar-refractivity contribution in [1.82, 2.24) is 4.98 Å². The lowest BCUT2D eigenvalue weighted by Gasteiger charge is -2.24. The Morgan fingerprint density at radius 2 is 1.50 bits per heavy atom. The van der Waals surface area contributed by atoms with Gasteiger partial charge in [-0.15, -0.1) is 0 Å². The van der Waals surface area contributed by atoms with Crippen molar-refractivity contribution < 1.29 is 0 Å². The van der Waals surface area contributed by atoms with Gasteiger partial charge in [0, 0.05) is 17.6 Å². The Morgan fingerprint density at radius 3 is 2.19 bits per heavy atom. The Bertz CT molecular complexity index is 923. The van der Waals surface area contributed by atoms with Crippen LogP contribution in [-0.4, -0.2) is 11.7 Å². The molecular formula is C23H25N3. The molecule has 3 aromatic rings. The summed E-state index contributed by atoms with van der Waals surface area (Å²) in [6.45, 7) is 9.66. The summed E-state index contributed by atoms with van der Waals surface area (Å²) in [5, 5.41) is 0. The molecule has 0 radical (unpaired) electrons. The molecule has 26 heavy (non-hydrogen) atoms. The van der Waals surface area contributed by atoms with Crippen LogP contribution in [0.2, 0.25) is 0 Å². The summed E-state index contributed by atoms with van der Waals surface area (Å²) in [4.78, 5) is 9.31. The molecule has 1 aromatic heterocycles. The summed E-state index contributed by atoms with van der Waals surface area (Å²) in [6, 6.07) is 21.6. The molecule has 1 aliphatic rings. The Morgan fingerprint density at radius 1 is 0.808 bits per heavy atom. The number of para-hydroxylation sites is 1. The molecule has 0 atom stereocenters. The molecule has 2 heterocycles. The fourth-order valence-corrected chi connectivity index (χ4v) is 3.51. The van der Waals surface area contributed by atoms with E-state index in [0.717, 1.165) is 18.2 Å². The van der Waals surface area contributed by atoms with Crippen molar-refractivity contribution in [3.8, 4) is 0 Å². The van der Waals surface area contributed by atoms with E-state index in [-0.39, 0.29) is 5.41 Å². The number of rotatable bonds is 2. The SMILES string of the molecule is Cc1ccccc1N1CN(c2ccc(C(C)(C)C)cc2)c2ncccc21. The first kappa shape index (κ1) is 16.6. The fraction of sp³-hybridized carbons (Fsp3) is 0.261. The number of hydrogen-bond donors (Lipinski definition) is 0. The number of anilines is 4. The minimum atomic E-state index is 0.160. The van der Waals surface area contributed by atoms with Crippen molar-refractivity contribution in [1.29, 1.82) is 0 Å². The van der Waals surface area contributed by atoms with Crippen LogP contribution in [0.1, 0.15) is 31.9 Å². The number of nitrogens with zero attached hydrogens (tertiary/aromatic N) is 3. The van der Waals surface area contributed by atoms with Crippen LogP contribution in [-0.2, 0) is 5.41 Å². The van der Waals surface area contributed by atoms with E-state index in [1.165, 1.54) is 22.5 Å². The minimum absolute atomic E-state index is 0.160. The van der Waals surface area contributed by atoms with E-state index in [2.05, 4.69) is 97.1 Å². The number of aryl methyl sites for hydroxylation is 1. The molecular weight excluding hydrogens is 318 g/mol. The van der Waals surface area contributed by atoms with E-state index in [4.69, 9.17) is 0 Å². The van der Waals surface area contributed by atoms with E-state index in [0.29, 0.717) is 0 Å². The van der Waals surface area contributed by atoms with Gasteiger partial charge in [0.15, 0.2) is 5.82 Å². The van der Waals surface area contributed by atoms with Crippen molar-refractivity contribution in [3.63, 3.8) is 0 Å². The van der Waals surface area contributed by atoms with Crippen LogP contribution in [0.5, 0.6) is 0 Å². The molecule has 0 bridgehead atoms. The topological polar surface area (TPSA) is 19.4 Å². The van der Waals surface area contributed by atoms with Gasteiger partial charge < -0.3 is 9.80 Å². The normalized spacial score (nSPS) is 13.8. The number of fused-ring (bicyclic) bond motifs is 1. The second kappa shape index (κ2) is 6.17. The van der Waals surface area contributed by atoms with E-state index < -0.39 is 0 Å². The van der Waals surface area contributed by atoms with Gasteiger partial charge in [0.05, 0.1) is 5.69 Å². The average Bonchev–Trinajstić information content (AvgIpc) is 3.01. The summed E-state index contributed by atoms with van der Waals surface area (Å²) in [7, 11) is 0. The largest absolute Gasteiger partial charge is 0.319 e. The smallest absolute Gasteiger partial charge is 0.158 e. The Balaban J connectivity index is 1.74. The zero-order valence-electron chi connectivity index (χ0n) is 15.9. The van der Waals surface area contributed by atoms with E-state index in [1.54, 1.807) is 0 Å². The molecule has 0 fully saturated rings. The van der Waals surface area contributed by atoms with Crippen molar-refractivity contribution >= 4 is 22.9 Å². The van der Waals surface area contributed by atoms with Gasteiger partial charge in [0.1, 0.15) is 6.67 Å². The summed E-state index contributed by atoms with van der Waals surface area (Å²) < 4.78 is 0. The molecule has 0 unspecified atom stereocenters. The third-order valence-electron chi connectivity index (χ3n) is 5.05. The van der Waals surface area contributed by atoms with Gasteiger partial charge in [0.2, 0.25) is 0 Å². The number of pyridine rings is 1. The summed E-state index contributed by atoms with van der Waals surface area (Å²) in [6.07, 6.45) is 1.87. The predicted molar refractivity (Wildman–Crippen MR) is 110 cm³/mol. The second-order valence-corrected chi connectivity index (χ2v) is 7.93. The van der Waals surface area contributed by atoms with Crippen LogP contribution in [0.15, 0.2) is 66.9 Å². The summed E-state index contributed by atoms with van der Waals surface area (Å²) in [5.41, 5.74) is 6.34. The number of benzene rings is 2.